The average molecular weight is 434 g/mol. The fourth-order valence-corrected chi connectivity index (χ4v) is 5.16. The van der Waals surface area contributed by atoms with Crippen molar-refractivity contribution in [2.45, 2.75) is 25.9 Å². The smallest absolute Gasteiger partial charge is 0.247 e. The molecular weight excluding hydrogens is 410 g/mol. The maximum Gasteiger partial charge on any atom is 0.247 e. The molecule has 1 aliphatic rings. The van der Waals surface area contributed by atoms with E-state index in [1.807, 2.05) is 43.3 Å². The molecule has 0 aliphatic carbocycles. The summed E-state index contributed by atoms with van der Waals surface area (Å²) in [4.78, 5) is 14.6. The predicted octanol–water partition coefficient (Wildman–Crippen LogP) is 3.97. The van der Waals surface area contributed by atoms with Crippen LogP contribution in [-0.2, 0) is 21.2 Å². The highest BCUT2D eigenvalue weighted by molar-refractivity contribution is 7.91. The Balaban J connectivity index is 1.78. The molecule has 2 aromatic carbocycles. The number of hydrogen-bond acceptors (Lipinski definition) is 4. The van der Waals surface area contributed by atoms with Crippen LogP contribution in [-0.4, -0.2) is 43.4 Å². The summed E-state index contributed by atoms with van der Waals surface area (Å²) in [6.45, 7) is 2.84. The average Bonchev–Trinajstić information content (AvgIpc) is 3.06. The van der Waals surface area contributed by atoms with Gasteiger partial charge in [-0.3, -0.25) is 4.79 Å². The molecule has 1 saturated heterocycles. The van der Waals surface area contributed by atoms with Crippen molar-refractivity contribution in [1.29, 1.82) is 0 Å². The van der Waals surface area contributed by atoms with Crippen LogP contribution in [0.1, 0.15) is 24.5 Å². The van der Waals surface area contributed by atoms with Crippen molar-refractivity contribution in [3.63, 3.8) is 0 Å². The van der Waals surface area contributed by atoms with Gasteiger partial charge in [0.1, 0.15) is 5.75 Å². The lowest BCUT2D eigenvalue weighted by atomic mass is 10.1. The minimum absolute atomic E-state index is 0.00452. The van der Waals surface area contributed by atoms with E-state index in [-0.39, 0.29) is 23.5 Å². The minimum atomic E-state index is -3.10. The fourth-order valence-electron chi connectivity index (χ4n) is 3.30. The minimum Gasteiger partial charge on any atom is -0.494 e. The van der Waals surface area contributed by atoms with Crippen LogP contribution in [0, 0.1) is 0 Å². The third-order valence-electron chi connectivity index (χ3n) is 4.81. The zero-order chi connectivity index (χ0) is 20.9. The van der Waals surface area contributed by atoms with Gasteiger partial charge in [0.25, 0.3) is 0 Å². The molecule has 0 N–H and O–H groups in total. The molecule has 0 bridgehead atoms. The summed E-state index contributed by atoms with van der Waals surface area (Å²) in [7, 11) is -3.10. The Bertz CT molecular complexity index is 969. The number of hydrogen-bond donors (Lipinski definition) is 0. The summed E-state index contributed by atoms with van der Waals surface area (Å²) in [5.41, 5.74) is 1.77. The topological polar surface area (TPSA) is 63.7 Å². The second-order valence-corrected chi connectivity index (χ2v) is 9.65. The van der Waals surface area contributed by atoms with E-state index in [0.717, 1.165) is 16.9 Å². The van der Waals surface area contributed by atoms with Crippen molar-refractivity contribution < 1.29 is 17.9 Å². The molecule has 0 radical (unpaired) electrons. The number of carbonyl (C=O) groups is 1. The number of amides is 1. The molecule has 1 aliphatic heterocycles. The van der Waals surface area contributed by atoms with Crippen LogP contribution in [0.5, 0.6) is 5.75 Å². The van der Waals surface area contributed by atoms with Crippen LogP contribution in [0.25, 0.3) is 6.08 Å². The van der Waals surface area contributed by atoms with E-state index in [0.29, 0.717) is 24.6 Å². The van der Waals surface area contributed by atoms with Crippen molar-refractivity contribution in [3.05, 3.63) is 70.8 Å². The molecule has 3 rings (SSSR count). The molecular formula is C22H24ClNO4S. The molecule has 154 valence electrons. The van der Waals surface area contributed by atoms with Crippen molar-refractivity contribution in [2.75, 3.05) is 18.1 Å². The monoisotopic (exact) mass is 433 g/mol. The van der Waals surface area contributed by atoms with Gasteiger partial charge in [0.15, 0.2) is 9.84 Å². The van der Waals surface area contributed by atoms with E-state index in [9.17, 15) is 13.2 Å². The molecule has 0 spiro atoms. The molecule has 7 heteroatoms. The van der Waals surface area contributed by atoms with E-state index in [1.165, 1.54) is 6.08 Å². The number of halogens is 1. The molecule has 1 fully saturated rings. The quantitative estimate of drug-likeness (QED) is 0.620. The molecule has 2 aromatic rings. The largest absolute Gasteiger partial charge is 0.494 e. The summed E-state index contributed by atoms with van der Waals surface area (Å²) >= 11 is 5.89. The van der Waals surface area contributed by atoms with Crippen LogP contribution in [0.15, 0.2) is 54.6 Å². The molecule has 1 amide bonds. The van der Waals surface area contributed by atoms with Crippen molar-refractivity contribution in [1.82, 2.24) is 4.90 Å². The standard InChI is InChI=1S/C22H24ClNO4S/c1-2-28-21-10-5-18(6-11-21)15-24(20-13-14-29(26,27)16-20)22(25)12-7-17-3-8-19(23)9-4-17/h3-12,20H,2,13-16H2,1H3/b12-7+. The van der Waals surface area contributed by atoms with Gasteiger partial charge in [-0.25, -0.2) is 8.42 Å². The number of benzene rings is 2. The van der Waals surface area contributed by atoms with Crippen LogP contribution < -0.4 is 4.74 Å². The molecule has 1 heterocycles. The molecule has 0 saturated carbocycles. The number of ether oxygens (including phenoxy) is 1. The number of nitrogens with zero attached hydrogens (tertiary/aromatic N) is 1. The maximum absolute atomic E-state index is 12.9. The van der Waals surface area contributed by atoms with Crippen LogP contribution >= 0.6 is 11.6 Å². The van der Waals surface area contributed by atoms with Gasteiger partial charge in [-0.1, -0.05) is 35.9 Å². The van der Waals surface area contributed by atoms with Gasteiger partial charge in [-0.15, -0.1) is 0 Å². The third-order valence-corrected chi connectivity index (χ3v) is 6.81. The van der Waals surface area contributed by atoms with Gasteiger partial charge in [-0.2, -0.15) is 0 Å². The number of sulfone groups is 1. The van der Waals surface area contributed by atoms with E-state index < -0.39 is 9.84 Å². The van der Waals surface area contributed by atoms with Crippen molar-refractivity contribution in [3.8, 4) is 5.75 Å². The maximum atomic E-state index is 12.9. The Morgan fingerprint density at radius 1 is 1.17 bits per heavy atom. The lowest BCUT2D eigenvalue weighted by Gasteiger charge is -2.27. The second-order valence-electron chi connectivity index (χ2n) is 6.98. The summed E-state index contributed by atoms with van der Waals surface area (Å²) in [6, 6.07) is 14.3. The van der Waals surface area contributed by atoms with E-state index >= 15 is 0 Å². The van der Waals surface area contributed by atoms with E-state index in [1.54, 1.807) is 23.1 Å². The van der Waals surface area contributed by atoms with Gasteiger partial charge in [0.05, 0.1) is 18.1 Å². The Morgan fingerprint density at radius 2 is 1.86 bits per heavy atom. The van der Waals surface area contributed by atoms with Crippen LogP contribution in [0.2, 0.25) is 5.02 Å². The van der Waals surface area contributed by atoms with Crippen molar-refractivity contribution >= 4 is 33.4 Å². The van der Waals surface area contributed by atoms with E-state index in [4.69, 9.17) is 16.3 Å². The normalized spacial score (nSPS) is 18.1. The summed E-state index contributed by atoms with van der Waals surface area (Å²) in [6.07, 6.45) is 3.66. The third kappa shape index (κ3) is 6.08. The Morgan fingerprint density at radius 3 is 2.45 bits per heavy atom. The highest BCUT2D eigenvalue weighted by atomic mass is 35.5. The summed E-state index contributed by atoms with van der Waals surface area (Å²) in [5, 5.41) is 0.627. The van der Waals surface area contributed by atoms with Gasteiger partial charge in [0.2, 0.25) is 5.91 Å². The number of rotatable bonds is 7. The molecule has 5 nitrogen and oxygen atoms in total. The first-order valence-corrected chi connectivity index (χ1v) is 11.7. The first-order valence-electron chi connectivity index (χ1n) is 9.53. The molecule has 1 atom stereocenters. The Hall–Kier alpha value is -2.31. The lowest BCUT2D eigenvalue weighted by Crippen LogP contribution is -2.39. The van der Waals surface area contributed by atoms with Gasteiger partial charge >= 0.3 is 0 Å². The second kappa shape index (κ2) is 9.46. The summed E-state index contributed by atoms with van der Waals surface area (Å²) in [5.74, 6) is 0.673. The van der Waals surface area contributed by atoms with Gasteiger partial charge < -0.3 is 9.64 Å². The highest BCUT2D eigenvalue weighted by Gasteiger charge is 2.34. The van der Waals surface area contributed by atoms with Crippen LogP contribution in [0.4, 0.5) is 0 Å². The highest BCUT2D eigenvalue weighted by Crippen LogP contribution is 2.22. The van der Waals surface area contributed by atoms with Crippen molar-refractivity contribution in [2.24, 2.45) is 0 Å². The first-order chi connectivity index (χ1) is 13.9. The Kier molecular flexibility index (Phi) is 6.98. The van der Waals surface area contributed by atoms with Crippen LogP contribution in [0.3, 0.4) is 0 Å². The SMILES string of the molecule is CCOc1ccc(CN(C(=O)/C=C/c2ccc(Cl)cc2)C2CCS(=O)(=O)C2)cc1. The predicted molar refractivity (Wildman–Crippen MR) is 116 cm³/mol. The van der Waals surface area contributed by atoms with Gasteiger partial charge in [-0.05, 0) is 54.8 Å². The van der Waals surface area contributed by atoms with Gasteiger partial charge in [0, 0.05) is 23.7 Å². The molecule has 0 aromatic heterocycles. The Labute approximate surface area is 176 Å². The number of carbonyl (C=O) groups excluding carboxylic acids is 1. The zero-order valence-electron chi connectivity index (χ0n) is 16.3. The molecule has 29 heavy (non-hydrogen) atoms. The first kappa shape index (κ1) is 21.4. The zero-order valence-corrected chi connectivity index (χ0v) is 17.8. The fraction of sp³-hybridized carbons (Fsp3) is 0.318. The summed E-state index contributed by atoms with van der Waals surface area (Å²) < 4.78 is 29.4. The van der Waals surface area contributed by atoms with E-state index in [2.05, 4.69) is 0 Å². The lowest BCUT2D eigenvalue weighted by molar-refractivity contribution is -0.128. The molecule has 1 unspecified atom stereocenters.